The highest BCUT2D eigenvalue weighted by Crippen LogP contribution is 2.35. The number of fused-ring (bicyclic) bond motifs is 2. The lowest BCUT2D eigenvalue weighted by molar-refractivity contribution is 0.149. The number of piperidine rings is 1. The summed E-state index contributed by atoms with van der Waals surface area (Å²) in [6, 6.07) is 6.35. The van der Waals surface area contributed by atoms with Crippen LogP contribution < -0.4 is 10.6 Å². The first-order valence-corrected chi connectivity index (χ1v) is 9.93. The van der Waals surface area contributed by atoms with Crippen molar-refractivity contribution in [2.45, 2.75) is 37.8 Å². The predicted octanol–water partition coefficient (Wildman–Crippen LogP) is 4.06. The van der Waals surface area contributed by atoms with Crippen LogP contribution in [0.5, 0.6) is 0 Å². The third-order valence-corrected chi connectivity index (χ3v) is 5.99. The summed E-state index contributed by atoms with van der Waals surface area (Å²) in [5.74, 6) is 0.500. The third kappa shape index (κ3) is 3.11. The van der Waals surface area contributed by atoms with Gasteiger partial charge in [-0.05, 0) is 72.8 Å². The number of benzene rings is 1. The number of halogens is 2. The fraction of sp³-hybridized carbons (Fsp3) is 0.364. The van der Waals surface area contributed by atoms with E-state index in [0.717, 1.165) is 53.7 Å². The summed E-state index contributed by atoms with van der Waals surface area (Å²) in [5, 5.41) is 7.57. The molecule has 1 unspecified atom stereocenters. The van der Waals surface area contributed by atoms with Crippen LogP contribution in [0.1, 0.15) is 35.6 Å². The minimum absolute atomic E-state index is 0.0381. The lowest BCUT2D eigenvalue weighted by atomic mass is 9.89. The second kappa shape index (κ2) is 7.09. The maximum absolute atomic E-state index is 13.5. The summed E-state index contributed by atoms with van der Waals surface area (Å²) in [7, 11) is 0. The van der Waals surface area contributed by atoms with Crippen LogP contribution in [0.15, 0.2) is 49.0 Å². The highest BCUT2D eigenvalue weighted by molar-refractivity contribution is 5.92. The van der Waals surface area contributed by atoms with Gasteiger partial charge in [0.05, 0.1) is 0 Å². The molecule has 3 aliphatic rings. The van der Waals surface area contributed by atoms with Crippen LogP contribution >= 0.6 is 0 Å². The number of allylic oxidation sites excluding steroid dienone is 2. The zero-order chi connectivity index (χ0) is 19.1. The molecule has 5 rings (SSSR count). The summed E-state index contributed by atoms with van der Waals surface area (Å²) >= 11 is 0. The smallest absolute Gasteiger partial charge is 0.242 e. The molecule has 28 heavy (non-hydrogen) atoms. The maximum Gasteiger partial charge on any atom is 0.242 e. The van der Waals surface area contributed by atoms with E-state index in [-0.39, 0.29) is 12.6 Å². The molecular weight excluding hydrogens is 358 g/mol. The van der Waals surface area contributed by atoms with Gasteiger partial charge >= 0.3 is 0 Å². The molecule has 4 heterocycles. The van der Waals surface area contributed by atoms with Gasteiger partial charge < -0.3 is 20.5 Å². The van der Waals surface area contributed by atoms with Crippen LogP contribution in [0, 0.1) is 0 Å². The summed E-state index contributed by atoms with van der Waals surface area (Å²) in [5.41, 5.74) is 4.67. The lowest BCUT2D eigenvalue weighted by Gasteiger charge is -2.24. The number of hydrogen-bond acceptors (Lipinski definition) is 3. The molecule has 146 valence electrons. The molecule has 0 amide bonds. The Kier molecular flexibility index (Phi) is 4.43. The second-order valence-corrected chi connectivity index (χ2v) is 7.72. The number of aromatic amines is 1. The molecule has 1 aromatic carbocycles. The second-order valence-electron chi connectivity index (χ2n) is 7.72. The summed E-state index contributed by atoms with van der Waals surface area (Å²) in [6.45, 7) is 2.03. The Morgan fingerprint density at radius 1 is 1.14 bits per heavy atom. The predicted molar refractivity (Wildman–Crippen MR) is 108 cm³/mol. The number of hydrogen-bond donors (Lipinski definition) is 3. The zero-order valence-corrected chi connectivity index (χ0v) is 15.6. The number of nitrogens with one attached hydrogen (secondary N) is 3. The monoisotopic (exact) mass is 382 g/mol. The SMILES string of the molecule is FC(F)Cc1c(C2=CC3NC=CN3C=C2)[nH]c2ccc(C3CCNCC3)cc12. The molecule has 1 saturated heterocycles. The molecule has 2 aromatic rings. The Bertz CT molecular complexity index is 966. The highest BCUT2D eigenvalue weighted by Gasteiger charge is 2.24. The van der Waals surface area contributed by atoms with Crippen LogP contribution in [0.3, 0.4) is 0 Å². The molecule has 3 aliphatic heterocycles. The van der Waals surface area contributed by atoms with Crippen LogP contribution in [0.2, 0.25) is 0 Å². The zero-order valence-electron chi connectivity index (χ0n) is 15.6. The molecule has 0 bridgehead atoms. The van der Waals surface area contributed by atoms with E-state index in [4.69, 9.17) is 0 Å². The molecule has 1 atom stereocenters. The Morgan fingerprint density at radius 3 is 2.82 bits per heavy atom. The minimum atomic E-state index is -2.38. The average Bonchev–Trinajstić information content (AvgIpc) is 3.32. The van der Waals surface area contributed by atoms with Gasteiger partial charge in [-0.15, -0.1) is 0 Å². The Morgan fingerprint density at radius 2 is 2.00 bits per heavy atom. The third-order valence-electron chi connectivity index (χ3n) is 5.99. The van der Waals surface area contributed by atoms with Crippen molar-refractivity contribution >= 4 is 16.5 Å². The van der Waals surface area contributed by atoms with Crippen LogP contribution in [0.25, 0.3) is 16.5 Å². The summed E-state index contributed by atoms with van der Waals surface area (Å²) in [4.78, 5) is 5.47. The first kappa shape index (κ1) is 17.5. The lowest BCUT2D eigenvalue weighted by Crippen LogP contribution is -2.31. The van der Waals surface area contributed by atoms with Crippen molar-refractivity contribution in [2.75, 3.05) is 13.1 Å². The van der Waals surface area contributed by atoms with Gasteiger partial charge in [-0.2, -0.15) is 0 Å². The van der Waals surface area contributed by atoms with Gasteiger partial charge in [-0.3, -0.25) is 0 Å². The van der Waals surface area contributed by atoms with Crippen molar-refractivity contribution in [3.63, 3.8) is 0 Å². The number of nitrogens with zero attached hydrogens (tertiary/aromatic N) is 1. The Labute approximate surface area is 163 Å². The highest BCUT2D eigenvalue weighted by atomic mass is 19.3. The van der Waals surface area contributed by atoms with E-state index in [0.29, 0.717) is 5.92 Å². The number of rotatable bonds is 4. The minimum Gasteiger partial charge on any atom is -0.366 e. The topological polar surface area (TPSA) is 43.1 Å². The molecule has 0 saturated carbocycles. The standard InChI is InChI=1S/C22H24F2N4/c23-20(24)13-18-17-11-15(14-3-6-25-7-4-14)1-2-19(17)27-22(18)16-5-9-28-10-8-26-21(28)12-16/h1-2,5,8-12,14,20-21,25-27H,3-4,6-7,13H2. The fourth-order valence-electron chi connectivity index (χ4n) is 4.53. The van der Waals surface area contributed by atoms with E-state index >= 15 is 0 Å². The van der Waals surface area contributed by atoms with E-state index < -0.39 is 6.43 Å². The van der Waals surface area contributed by atoms with E-state index in [2.05, 4.69) is 39.9 Å². The van der Waals surface area contributed by atoms with Gasteiger partial charge in [-0.1, -0.05) is 6.07 Å². The normalized spacial score (nSPS) is 22.0. The Hall–Kier alpha value is -2.60. The largest absolute Gasteiger partial charge is 0.366 e. The van der Waals surface area contributed by atoms with Crippen molar-refractivity contribution in [3.8, 4) is 0 Å². The fourth-order valence-corrected chi connectivity index (χ4v) is 4.53. The molecule has 6 heteroatoms. The van der Waals surface area contributed by atoms with Crippen molar-refractivity contribution in [1.82, 2.24) is 20.5 Å². The molecular formula is C22H24F2N4. The quantitative estimate of drug-likeness (QED) is 0.747. The van der Waals surface area contributed by atoms with Gasteiger partial charge in [0.25, 0.3) is 0 Å². The van der Waals surface area contributed by atoms with E-state index in [1.165, 1.54) is 5.56 Å². The van der Waals surface area contributed by atoms with Crippen LogP contribution in [0.4, 0.5) is 8.78 Å². The van der Waals surface area contributed by atoms with Crippen molar-refractivity contribution in [1.29, 1.82) is 0 Å². The van der Waals surface area contributed by atoms with E-state index in [1.54, 1.807) is 0 Å². The summed E-state index contributed by atoms with van der Waals surface area (Å²) < 4.78 is 26.9. The van der Waals surface area contributed by atoms with Gasteiger partial charge in [0.1, 0.15) is 6.17 Å². The van der Waals surface area contributed by atoms with Gasteiger partial charge in [0, 0.05) is 41.6 Å². The van der Waals surface area contributed by atoms with E-state index in [1.807, 2.05) is 29.6 Å². The number of alkyl halides is 2. The van der Waals surface area contributed by atoms with Crippen LogP contribution in [-0.2, 0) is 6.42 Å². The van der Waals surface area contributed by atoms with Gasteiger partial charge in [-0.25, -0.2) is 8.78 Å². The number of aromatic nitrogens is 1. The van der Waals surface area contributed by atoms with Gasteiger partial charge in [0.2, 0.25) is 6.43 Å². The van der Waals surface area contributed by atoms with E-state index in [9.17, 15) is 8.78 Å². The molecule has 1 fully saturated rings. The number of H-pyrrole nitrogens is 1. The van der Waals surface area contributed by atoms with Crippen molar-refractivity contribution in [2.24, 2.45) is 0 Å². The van der Waals surface area contributed by atoms with Crippen molar-refractivity contribution in [3.05, 3.63) is 65.8 Å². The van der Waals surface area contributed by atoms with Crippen LogP contribution in [-0.4, -0.2) is 35.6 Å². The molecule has 0 aliphatic carbocycles. The van der Waals surface area contributed by atoms with Crippen molar-refractivity contribution < 1.29 is 8.78 Å². The summed E-state index contributed by atoms with van der Waals surface area (Å²) in [6.07, 6.45) is 9.51. The Balaban J connectivity index is 1.57. The maximum atomic E-state index is 13.5. The molecule has 4 nitrogen and oxygen atoms in total. The van der Waals surface area contributed by atoms with Gasteiger partial charge in [0.15, 0.2) is 0 Å². The molecule has 0 radical (unpaired) electrons. The first-order valence-electron chi connectivity index (χ1n) is 9.93. The first-order chi connectivity index (χ1) is 13.7. The molecule has 3 N–H and O–H groups in total. The molecule has 1 aromatic heterocycles. The average molecular weight is 382 g/mol. The molecule has 0 spiro atoms.